The van der Waals surface area contributed by atoms with Crippen molar-refractivity contribution < 1.29 is 37.0 Å². The smallest absolute Gasteiger partial charge is 0.388 e. The van der Waals surface area contributed by atoms with Gasteiger partial charge in [-0.25, -0.2) is 14.6 Å². The van der Waals surface area contributed by atoms with Crippen LogP contribution in [0.1, 0.15) is 56.7 Å². The number of pyridine rings is 1. The first-order chi connectivity index (χ1) is 16.9. The van der Waals surface area contributed by atoms with Crippen LogP contribution < -0.4 is 15.0 Å². The molecule has 7 nitrogen and oxygen atoms in total. The van der Waals surface area contributed by atoms with E-state index in [1.54, 1.807) is 19.1 Å². The number of carboxylic acid groups (broad SMARTS) is 1. The second kappa shape index (κ2) is 11.1. The molecule has 0 unspecified atom stereocenters. The summed E-state index contributed by atoms with van der Waals surface area (Å²) in [7, 11) is 0. The van der Waals surface area contributed by atoms with Gasteiger partial charge in [0.2, 0.25) is 5.88 Å². The van der Waals surface area contributed by atoms with Crippen molar-refractivity contribution in [1.29, 1.82) is 0 Å². The van der Waals surface area contributed by atoms with Crippen molar-refractivity contribution in [2.24, 2.45) is 5.92 Å². The summed E-state index contributed by atoms with van der Waals surface area (Å²) in [5.74, 6) is -7.79. The standard InChI is InChI=1S/C25H29F4N3O4/c1-14(2)18-6-4-5-7-20(18)32(17-11-9-16(10-12-17)25(28,29)22(33)34)24(35)31-19-13-8-15(3)30-21(19)36-23(26)27/h4-8,13-14,16-17,23H,9-12H2,1-3H3,(H,31,35)(H,33,34). The zero-order valence-corrected chi connectivity index (χ0v) is 20.2. The summed E-state index contributed by atoms with van der Waals surface area (Å²) in [4.78, 5) is 30.0. The van der Waals surface area contributed by atoms with Crippen molar-refractivity contribution in [1.82, 2.24) is 4.98 Å². The van der Waals surface area contributed by atoms with E-state index in [0.717, 1.165) is 5.56 Å². The number of halogens is 4. The second-order valence-corrected chi connectivity index (χ2v) is 9.13. The van der Waals surface area contributed by atoms with Crippen LogP contribution in [0.3, 0.4) is 0 Å². The number of nitrogens with zero attached hydrogens (tertiary/aromatic N) is 2. The number of ether oxygens (including phenoxy) is 1. The van der Waals surface area contributed by atoms with Crippen molar-refractivity contribution in [2.75, 3.05) is 10.2 Å². The Morgan fingerprint density at radius 2 is 1.75 bits per heavy atom. The number of anilines is 2. The number of aromatic nitrogens is 1. The second-order valence-electron chi connectivity index (χ2n) is 9.13. The molecule has 0 spiro atoms. The third-order valence-corrected chi connectivity index (χ3v) is 6.34. The molecule has 11 heteroatoms. The third-order valence-electron chi connectivity index (χ3n) is 6.34. The number of carbonyl (C=O) groups is 2. The van der Waals surface area contributed by atoms with E-state index in [9.17, 15) is 27.2 Å². The lowest BCUT2D eigenvalue weighted by atomic mass is 9.81. The molecule has 1 fully saturated rings. The maximum atomic E-state index is 14.1. The van der Waals surface area contributed by atoms with Gasteiger partial charge >= 0.3 is 24.5 Å². The number of rotatable bonds is 8. The number of hydrogen-bond donors (Lipinski definition) is 2. The number of aliphatic carboxylic acids is 1. The van der Waals surface area contributed by atoms with E-state index in [1.165, 1.54) is 17.0 Å². The fourth-order valence-electron chi connectivity index (χ4n) is 4.52. The number of alkyl halides is 4. The summed E-state index contributed by atoms with van der Waals surface area (Å²) < 4.78 is 58.5. The van der Waals surface area contributed by atoms with Gasteiger partial charge in [-0.2, -0.15) is 17.6 Å². The number of hydrogen-bond acceptors (Lipinski definition) is 4. The van der Waals surface area contributed by atoms with E-state index in [2.05, 4.69) is 15.0 Å². The minimum absolute atomic E-state index is 0.0166. The first-order valence-corrected chi connectivity index (χ1v) is 11.6. The highest BCUT2D eigenvalue weighted by atomic mass is 19.3. The van der Waals surface area contributed by atoms with Crippen LogP contribution in [-0.4, -0.2) is 40.7 Å². The summed E-state index contributed by atoms with van der Waals surface area (Å²) in [5, 5.41) is 11.5. The summed E-state index contributed by atoms with van der Waals surface area (Å²) in [6, 6.07) is 8.88. The molecule has 3 rings (SSSR count). The molecule has 2 amide bonds. The number of amides is 2. The fraction of sp³-hybridized carbons (Fsp3) is 0.480. The zero-order valence-electron chi connectivity index (χ0n) is 20.2. The van der Waals surface area contributed by atoms with Crippen molar-refractivity contribution in [3.63, 3.8) is 0 Å². The van der Waals surface area contributed by atoms with E-state index in [-0.39, 0.29) is 37.3 Å². The predicted molar refractivity (Wildman–Crippen MR) is 126 cm³/mol. The average Bonchev–Trinajstić information content (AvgIpc) is 2.81. The van der Waals surface area contributed by atoms with Crippen LogP contribution in [0.5, 0.6) is 5.88 Å². The molecule has 0 saturated heterocycles. The first kappa shape index (κ1) is 27.2. The molecule has 1 heterocycles. The van der Waals surface area contributed by atoms with Gasteiger partial charge in [-0.3, -0.25) is 4.90 Å². The topological polar surface area (TPSA) is 91.8 Å². The number of carboxylic acids is 1. The largest absolute Gasteiger partial charge is 0.477 e. The summed E-state index contributed by atoms with van der Waals surface area (Å²) in [6.45, 7) is 2.31. The molecule has 2 aromatic rings. The minimum Gasteiger partial charge on any atom is -0.477 e. The normalized spacial score (nSPS) is 18.2. The molecule has 1 aliphatic carbocycles. The lowest BCUT2D eigenvalue weighted by Crippen LogP contribution is -2.48. The first-order valence-electron chi connectivity index (χ1n) is 11.6. The van der Waals surface area contributed by atoms with Crippen molar-refractivity contribution in [3.05, 3.63) is 47.7 Å². The van der Waals surface area contributed by atoms with E-state index in [1.807, 2.05) is 26.0 Å². The lowest BCUT2D eigenvalue weighted by Gasteiger charge is -2.39. The molecule has 2 N–H and O–H groups in total. The van der Waals surface area contributed by atoms with Crippen LogP contribution in [0.15, 0.2) is 36.4 Å². The highest BCUT2D eigenvalue weighted by Gasteiger charge is 2.49. The van der Waals surface area contributed by atoms with Gasteiger partial charge in [-0.1, -0.05) is 32.0 Å². The minimum atomic E-state index is -3.86. The molecule has 36 heavy (non-hydrogen) atoms. The van der Waals surface area contributed by atoms with E-state index >= 15 is 0 Å². The summed E-state index contributed by atoms with van der Waals surface area (Å²) in [5.41, 5.74) is 1.72. The SMILES string of the molecule is Cc1ccc(NC(=O)N(c2ccccc2C(C)C)C2CCC(C(F)(F)C(=O)O)CC2)c(OC(F)F)n1. The van der Waals surface area contributed by atoms with Gasteiger partial charge in [0.1, 0.15) is 5.69 Å². The van der Waals surface area contributed by atoms with Crippen LogP contribution in [0.2, 0.25) is 0 Å². The van der Waals surface area contributed by atoms with Gasteiger partial charge in [0.05, 0.1) is 0 Å². The fourth-order valence-corrected chi connectivity index (χ4v) is 4.52. The average molecular weight is 512 g/mol. The Balaban J connectivity index is 1.95. The molecule has 1 aromatic carbocycles. The van der Waals surface area contributed by atoms with Crippen molar-refractivity contribution in [2.45, 2.75) is 70.9 Å². The summed E-state index contributed by atoms with van der Waals surface area (Å²) in [6.07, 6.45) is 0.0900. The molecule has 0 atom stereocenters. The number of benzene rings is 1. The maximum Gasteiger partial charge on any atom is 0.388 e. The zero-order chi connectivity index (χ0) is 26.6. The van der Waals surface area contributed by atoms with Gasteiger partial charge in [0, 0.05) is 23.3 Å². The molecule has 1 aliphatic rings. The molecule has 1 aromatic heterocycles. The van der Waals surface area contributed by atoms with Crippen LogP contribution in [0.25, 0.3) is 0 Å². The number of para-hydroxylation sites is 1. The van der Waals surface area contributed by atoms with Crippen molar-refractivity contribution in [3.8, 4) is 5.88 Å². The molecule has 0 aliphatic heterocycles. The lowest BCUT2D eigenvalue weighted by molar-refractivity contribution is -0.175. The van der Waals surface area contributed by atoms with Crippen molar-refractivity contribution >= 4 is 23.4 Å². The van der Waals surface area contributed by atoms with Gasteiger partial charge in [-0.15, -0.1) is 0 Å². The van der Waals surface area contributed by atoms with E-state index in [4.69, 9.17) is 5.11 Å². The Morgan fingerprint density at radius 3 is 2.33 bits per heavy atom. The van der Waals surface area contributed by atoms with E-state index in [0.29, 0.717) is 11.4 Å². The molecule has 1 saturated carbocycles. The van der Waals surface area contributed by atoms with Gasteiger partial charge in [0.15, 0.2) is 0 Å². The van der Waals surface area contributed by atoms with Gasteiger partial charge in [0.25, 0.3) is 0 Å². The monoisotopic (exact) mass is 511 g/mol. The van der Waals surface area contributed by atoms with Crippen LogP contribution in [-0.2, 0) is 4.79 Å². The maximum absolute atomic E-state index is 14.1. The molecule has 0 radical (unpaired) electrons. The predicted octanol–water partition coefficient (Wildman–Crippen LogP) is 6.43. The Kier molecular flexibility index (Phi) is 8.42. The molecular formula is C25H29F4N3O4. The Bertz CT molecular complexity index is 1090. The Labute approximate surface area is 206 Å². The highest BCUT2D eigenvalue weighted by Crippen LogP contribution is 2.40. The quantitative estimate of drug-likeness (QED) is 0.399. The molecule has 0 bridgehead atoms. The Hall–Kier alpha value is -3.37. The number of urea groups is 1. The molecule has 196 valence electrons. The van der Waals surface area contributed by atoms with Gasteiger partial charge in [-0.05, 0) is 62.3 Å². The van der Waals surface area contributed by atoms with E-state index < -0.39 is 42.4 Å². The number of aryl methyl sites for hydroxylation is 1. The van der Waals surface area contributed by atoms with Crippen LogP contribution >= 0.6 is 0 Å². The molecular weight excluding hydrogens is 482 g/mol. The summed E-state index contributed by atoms with van der Waals surface area (Å²) >= 11 is 0. The van der Waals surface area contributed by atoms with Crippen LogP contribution in [0, 0.1) is 12.8 Å². The Morgan fingerprint density at radius 1 is 1.11 bits per heavy atom. The van der Waals surface area contributed by atoms with Gasteiger partial charge < -0.3 is 15.2 Å². The number of carbonyl (C=O) groups excluding carboxylic acids is 1. The number of nitrogens with one attached hydrogen (secondary N) is 1. The highest BCUT2D eigenvalue weighted by molar-refractivity contribution is 6.03. The van der Waals surface area contributed by atoms with Crippen LogP contribution in [0.4, 0.5) is 33.7 Å². The third kappa shape index (κ3) is 6.06.